The minimum absolute atomic E-state index is 0.0455. The smallest absolute Gasteiger partial charge is 0.412 e. The predicted molar refractivity (Wildman–Crippen MR) is 100 cm³/mol. The van der Waals surface area contributed by atoms with Crippen molar-refractivity contribution < 1.29 is 29.3 Å². The standard InChI is InChI=1S/C20H23NO6/c1-13(23)14-5-8-16(9-6-14)21-20(25)27-18(4-3-11-22)15-7-10-19(26-2)17(24)12-15/h5-10,12,18,22,24H,3-4,11H2,1-2H3,(H,21,25)/t18-/m0/s1. The highest BCUT2D eigenvalue weighted by Crippen LogP contribution is 2.32. The van der Waals surface area contributed by atoms with Gasteiger partial charge in [0, 0.05) is 17.9 Å². The second-order valence-corrected chi connectivity index (χ2v) is 5.95. The molecule has 7 nitrogen and oxygen atoms in total. The van der Waals surface area contributed by atoms with Gasteiger partial charge in [-0.05, 0) is 61.7 Å². The molecule has 0 aliphatic carbocycles. The van der Waals surface area contributed by atoms with Crippen molar-refractivity contribution in [2.24, 2.45) is 0 Å². The first-order chi connectivity index (χ1) is 12.9. The molecule has 7 heteroatoms. The third kappa shape index (κ3) is 5.72. The molecular weight excluding hydrogens is 350 g/mol. The van der Waals surface area contributed by atoms with Gasteiger partial charge in [0.2, 0.25) is 0 Å². The molecule has 27 heavy (non-hydrogen) atoms. The molecule has 2 aromatic rings. The van der Waals surface area contributed by atoms with Gasteiger partial charge in [-0.1, -0.05) is 6.07 Å². The van der Waals surface area contributed by atoms with Crippen molar-refractivity contribution in [2.75, 3.05) is 19.0 Å². The first kappa shape index (κ1) is 20.3. The molecular formula is C20H23NO6. The number of aromatic hydroxyl groups is 1. The van der Waals surface area contributed by atoms with E-state index in [0.29, 0.717) is 35.4 Å². The lowest BCUT2D eigenvalue weighted by Crippen LogP contribution is -2.18. The Bertz CT molecular complexity index is 788. The van der Waals surface area contributed by atoms with E-state index in [4.69, 9.17) is 14.6 Å². The molecule has 1 amide bonds. The fourth-order valence-electron chi connectivity index (χ4n) is 2.54. The largest absolute Gasteiger partial charge is 0.504 e. The van der Waals surface area contributed by atoms with Crippen molar-refractivity contribution in [3.63, 3.8) is 0 Å². The Kier molecular flexibility index (Phi) is 7.19. The lowest BCUT2D eigenvalue weighted by atomic mass is 10.0. The zero-order valence-corrected chi connectivity index (χ0v) is 15.3. The van der Waals surface area contributed by atoms with Crippen molar-refractivity contribution in [1.29, 1.82) is 0 Å². The number of carbonyl (C=O) groups is 2. The maximum atomic E-state index is 12.2. The number of rotatable bonds is 8. The van der Waals surface area contributed by atoms with Crippen LogP contribution in [-0.2, 0) is 4.74 Å². The molecule has 2 aromatic carbocycles. The first-order valence-electron chi connectivity index (χ1n) is 8.51. The van der Waals surface area contributed by atoms with E-state index in [1.165, 1.54) is 20.1 Å². The predicted octanol–water partition coefficient (Wildman–Crippen LogP) is 3.67. The number of hydrogen-bond acceptors (Lipinski definition) is 6. The Balaban J connectivity index is 2.09. The van der Waals surface area contributed by atoms with Crippen LogP contribution in [0.5, 0.6) is 11.5 Å². The van der Waals surface area contributed by atoms with E-state index in [9.17, 15) is 14.7 Å². The minimum atomic E-state index is -0.677. The third-order valence-corrected chi connectivity index (χ3v) is 3.99. The Morgan fingerprint density at radius 3 is 2.41 bits per heavy atom. The maximum absolute atomic E-state index is 12.2. The molecule has 1 atom stereocenters. The van der Waals surface area contributed by atoms with E-state index in [1.54, 1.807) is 36.4 Å². The van der Waals surface area contributed by atoms with E-state index in [2.05, 4.69) is 5.32 Å². The summed E-state index contributed by atoms with van der Waals surface area (Å²) in [4.78, 5) is 23.5. The van der Waals surface area contributed by atoms with E-state index in [1.807, 2.05) is 0 Å². The number of carbonyl (C=O) groups excluding carboxylic acids is 2. The molecule has 0 spiro atoms. The summed E-state index contributed by atoms with van der Waals surface area (Å²) in [7, 11) is 1.44. The topological polar surface area (TPSA) is 105 Å². The van der Waals surface area contributed by atoms with Gasteiger partial charge in [-0.25, -0.2) is 4.79 Å². The van der Waals surface area contributed by atoms with Crippen LogP contribution in [0.4, 0.5) is 10.5 Å². The quantitative estimate of drug-likeness (QED) is 0.610. The fraction of sp³-hybridized carbons (Fsp3) is 0.300. The van der Waals surface area contributed by atoms with Gasteiger partial charge in [-0.3, -0.25) is 10.1 Å². The number of aliphatic hydroxyl groups is 1. The number of Topliss-reactive ketones (excluding diaryl/α,β-unsaturated/α-hetero) is 1. The van der Waals surface area contributed by atoms with Crippen LogP contribution in [0.1, 0.15) is 41.8 Å². The number of benzene rings is 2. The van der Waals surface area contributed by atoms with Gasteiger partial charge in [0.05, 0.1) is 7.11 Å². The molecule has 144 valence electrons. The molecule has 0 unspecified atom stereocenters. The van der Waals surface area contributed by atoms with Gasteiger partial charge in [0.1, 0.15) is 6.10 Å². The van der Waals surface area contributed by atoms with Crippen LogP contribution in [0.25, 0.3) is 0 Å². The van der Waals surface area contributed by atoms with Crippen molar-refractivity contribution >= 4 is 17.6 Å². The molecule has 0 heterocycles. The van der Waals surface area contributed by atoms with Crippen LogP contribution in [0, 0.1) is 0 Å². The Hall–Kier alpha value is -3.06. The summed E-state index contributed by atoms with van der Waals surface area (Å²) in [5, 5.41) is 21.6. The van der Waals surface area contributed by atoms with Gasteiger partial charge in [-0.15, -0.1) is 0 Å². The molecule has 0 saturated heterocycles. The number of anilines is 1. The van der Waals surface area contributed by atoms with Gasteiger partial charge in [-0.2, -0.15) is 0 Å². The zero-order valence-electron chi connectivity index (χ0n) is 15.3. The summed E-state index contributed by atoms with van der Waals surface area (Å²) >= 11 is 0. The highest BCUT2D eigenvalue weighted by molar-refractivity contribution is 5.94. The van der Waals surface area contributed by atoms with E-state index in [0.717, 1.165) is 0 Å². The second-order valence-electron chi connectivity index (χ2n) is 5.95. The minimum Gasteiger partial charge on any atom is -0.504 e. The average molecular weight is 373 g/mol. The molecule has 0 aliphatic heterocycles. The SMILES string of the molecule is COc1ccc([C@H](CCCO)OC(=O)Nc2ccc(C(C)=O)cc2)cc1O. The van der Waals surface area contributed by atoms with Crippen LogP contribution in [-0.4, -0.2) is 35.8 Å². The summed E-state index contributed by atoms with van der Waals surface area (Å²) in [6.07, 6.45) is -0.508. The van der Waals surface area contributed by atoms with E-state index in [-0.39, 0.29) is 18.1 Å². The lowest BCUT2D eigenvalue weighted by molar-refractivity contribution is 0.0992. The summed E-state index contributed by atoms with van der Waals surface area (Å²) in [6.45, 7) is 1.42. The number of phenolic OH excluding ortho intramolecular Hbond substituents is 1. The highest BCUT2D eigenvalue weighted by atomic mass is 16.6. The lowest BCUT2D eigenvalue weighted by Gasteiger charge is -2.19. The normalized spacial score (nSPS) is 11.5. The number of methoxy groups -OCH3 is 1. The number of aliphatic hydroxyl groups excluding tert-OH is 1. The Morgan fingerprint density at radius 1 is 1.15 bits per heavy atom. The van der Waals surface area contributed by atoms with Gasteiger partial charge >= 0.3 is 6.09 Å². The van der Waals surface area contributed by atoms with Gasteiger partial charge in [0.15, 0.2) is 17.3 Å². The summed E-state index contributed by atoms with van der Waals surface area (Å²) in [5.41, 5.74) is 1.62. The number of hydrogen-bond donors (Lipinski definition) is 3. The fourth-order valence-corrected chi connectivity index (χ4v) is 2.54. The van der Waals surface area contributed by atoms with Crippen LogP contribution in [0.15, 0.2) is 42.5 Å². The highest BCUT2D eigenvalue weighted by Gasteiger charge is 2.18. The molecule has 0 aliphatic rings. The molecule has 0 bridgehead atoms. The summed E-state index contributed by atoms with van der Waals surface area (Å²) in [6, 6.07) is 11.2. The number of ketones is 1. The second kappa shape index (κ2) is 9.59. The molecule has 0 radical (unpaired) electrons. The molecule has 2 rings (SSSR count). The number of ether oxygens (including phenoxy) is 2. The van der Waals surface area contributed by atoms with Crippen LogP contribution < -0.4 is 10.1 Å². The van der Waals surface area contributed by atoms with E-state index >= 15 is 0 Å². The summed E-state index contributed by atoms with van der Waals surface area (Å²) < 4.78 is 10.5. The Labute approximate surface area is 157 Å². The molecule has 3 N–H and O–H groups in total. The van der Waals surface area contributed by atoms with Crippen molar-refractivity contribution in [3.8, 4) is 11.5 Å². The molecule has 0 saturated carbocycles. The first-order valence-corrected chi connectivity index (χ1v) is 8.51. The van der Waals surface area contributed by atoms with E-state index < -0.39 is 12.2 Å². The summed E-state index contributed by atoms with van der Waals surface area (Å²) in [5.74, 6) is 0.190. The number of amides is 1. The van der Waals surface area contributed by atoms with Gasteiger partial charge in [0.25, 0.3) is 0 Å². The van der Waals surface area contributed by atoms with Crippen molar-refractivity contribution in [1.82, 2.24) is 0 Å². The van der Waals surface area contributed by atoms with Crippen LogP contribution >= 0.6 is 0 Å². The van der Waals surface area contributed by atoms with Crippen molar-refractivity contribution in [3.05, 3.63) is 53.6 Å². The zero-order chi connectivity index (χ0) is 19.8. The van der Waals surface area contributed by atoms with Gasteiger partial charge < -0.3 is 19.7 Å². The number of phenols is 1. The maximum Gasteiger partial charge on any atom is 0.412 e. The number of nitrogens with one attached hydrogen (secondary N) is 1. The molecule has 0 fully saturated rings. The van der Waals surface area contributed by atoms with Crippen molar-refractivity contribution in [2.45, 2.75) is 25.9 Å². The van der Waals surface area contributed by atoms with Crippen LogP contribution in [0.2, 0.25) is 0 Å². The van der Waals surface area contributed by atoms with Crippen LogP contribution in [0.3, 0.4) is 0 Å². The average Bonchev–Trinajstić information content (AvgIpc) is 2.65. The molecule has 0 aromatic heterocycles. The monoisotopic (exact) mass is 373 g/mol. The Morgan fingerprint density at radius 2 is 1.85 bits per heavy atom. The third-order valence-electron chi connectivity index (χ3n) is 3.99.